The van der Waals surface area contributed by atoms with Crippen molar-refractivity contribution in [1.82, 2.24) is 5.43 Å². The summed E-state index contributed by atoms with van der Waals surface area (Å²) in [5.74, 6) is 1.47. The maximum Gasteiger partial charge on any atom is 0.291 e. The van der Waals surface area contributed by atoms with Crippen LogP contribution in [0.2, 0.25) is 0 Å². The van der Waals surface area contributed by atoms with Crippen molar-refractivity contribution in [2.24, 2.45) is 21.0 Å². The lowest BCUT2D eigenvalue weighted by Crippen LogP contribution is -2.26. The second-order valence-corrected chi connectivity index (χ2v) is 7.14. The lowest BCUT2D eigenvalue weighted by molar-refractivity contribution is -0.742. The van der Waals surface area contributed by atoms with Gasteiger partial charge in [-0.1, -0.05) is 60.7 Å². The summed E-state index contributed by atoms with van der Waals surface area (Å²) in [6.45, 7) is 0. The Hall–Kier alpha value is -5.19. The van der Waals surface area contributed by atoms with Crippen LogP contribution in [0.15, 0.2) is 88.1 Å². The van der Waals surface area contributed by atoms with E-state index in [2.05, 4.69) is 20.7 Å². The fourth-order valence-electron chi connectivity index (χ4n) is 3.51. The zero-order chi connectivity index (χ0) is 25.9. The Labute approximate surface area is 206 Å². The van der Waals surface area contributed by atoms with Crippen LogP contribution in [0.1, 0.15) is 11.1 Å². The van der Waals surface area contributed by atoms with Crippen LogP contribution in [0.4, 0.5) is 0 Å². The minimum atomic E-state index is -1.50. The molecule has 0 aliphatic rings. The van der Waals surface area contributed by atoms with E-state index in [0.29, 0.717) is 11.5 Å². The Morgan fingerprint density at radius 3 is 1.86 bits per heavy atom. The summed E-state index contributed by atoms with van der Waals surface area (Å²) in [6, 6.07) is 23.8. The zero-order valence-electron chi connectivity index (χ0n) is 19.5. The van der Waals surface area contributed by atoms with Crippen molar-refractivity contribution in [3.63, 3.8) is 0 Å². The first-order valence-corrected chi connectivity index (χ1v) is 10.5. The number of nitrogens with zero attached hydrogens (tertiary/aromatic N) is 4. The summed E-state index contributed by atoms with van der Waals surface area (Å²) in [5, 5.41) is 30.1. The highest BCUT2D eigenvalue weighted by Crippen LogP contribution is 2.27. The summed E-state index contributed by atoms with van der Waals surface area (Å²) in [4.78, 5) is 8.36. The molecule has 4 aromatic rings. The topological polar surface area (TPSA) is 157 Å². The molecule has 11 nitrogen and oxygen atoms in total. The van der Waals surface area contributed by atoms with Crippen LogP contribution in [0.3, 0.4) is 0 Å². The van der Waals surface area contributed by atoms with Gasteiger partial charge in [-0.15, -0.1) is 15.2 Å². The molecule has 184 valence electrons. The molecule has 0 atom stereocenters. The first kappa shape index (κ1) is 25.4. The minimum Gasteiger partial charge on any atom is -0.496 e. The fraction of sp³-hybridized carbons (Fsp3) is 0.0800. The fourth-order valence-corrected chi connectivity index (χ4v) is 3.51. The molecule has 0 aromatic heterocycles. The van der Waals surface area contributed by atoms with Gasteiger partial charge in [0.2, 0.25) is 5.96 Å². The third kappa shape index (κ3) is 6.44. The van der Waals surface area contributed by atoms with E-state index in [-0.39, 0.29) is 5.96 Å². The van der Waals surface area contributed by atoms with Crippen LogP contribution in [-0.2, 0) is 0 Å². The van der Waals surface area contributed by atoms with Crippen LogP contribution in [-0.4, -0.2) is 42.9 Å². The van der Waals surface area contributed by atoms with E-state index in [1.165, 1.54) is 0 Å². The molecule has 4 N–H and O–H groups in total. The number of nitrogens with one attached hydrogen (secondary N) is 1. The van der Waals surface area contributed by atoms with Crippen LogP contribution >= 0.6 is 0 Å². The predicted octanol–water partition coefficient (Wildman–Crippen LogP) is 3.93. The molecule has 4 aromatic carbocycles. The summed E-state index contributed by atoms with van der Waals surface area (Å²) in [7, 11) is 3.25. The highest BCUT2D eigenvalue weighted by atomic mass is 16.9. The van der Waals surface area contributed by atoms with Crippen molar-refractivity contribution >= 4 is 39.9 Å². The lowest BCUT2D eigenvalue weighted by atomic mass is 10.0. The van der Waals surface area contributed by atoms with Gasteiger partial charge in [-0.25, -0.2) is 5.43 Å². The van der Waals surface area contributed by atoms with Gasteiger partial charge in [0.25, 0.3) is 5.09 Å². The van der Waals surface area contributed by atoms with E-state index >= 15 is 0 Å². The highest BCUT2D eigenvalue weighted by Gasteiger charge is 2.07. The van der Waals surface area contributed by atoms with Gasteiger partial charge in [-0.05, 0) is 33.7 Å². The van der Waals surface area contributed by atoms with Crippen molar-refractivity contribution in [1.29, 1.82) is 0 Å². The van der Waals surface area contributed by atoms with E-state index in [1.54, 1.807) is 26.6 Å². The normalized spacial score (nSPS) is 11.4. The SMILES string of the molecule is COc1ccc2ccccc2c1/C=N/N=C(\N)N/N=C/c1c(OC)ccc2ccccc12.O=[N+]([O-])O. The van der Waals surface area contributed by atoms with Gasteiger partial charge in [-0.3, -0.25) is 0 Å². The minimum absolute atomic E-state index is 0.0518. The number of guanidine groups is 1. The number of benzene rings is 4. The molecule has 0 saturated carbocycles. The Bertz CT molecular complexity index is 1450. The summed E-state index contributed by atoms with van der Waals surface area (Å²) < 4.78 is 10.9. The number of hydrazone groups is 1. The molecule has 0 radical (unpaired) electrons. The number of ether oxygens (including phenoxy) is 2. The van der Waals surface area contributed by atoms with Gasteiger partial charge < -0.3 is 20.4 Å². The summed E-state index contributed by atoms with van der Waals surface area (Å²) in [6.07, 6.45) is 3.27. The summed E-state index contributed by atoms with van der Waals surface area (Å²) in [5.41, 5.74) is 10.3. The van der Waals surface area contributed by atoms with Gasteiger partial charge >= 0.3 is 0 Å². The van der Waals surface area contributed by atoms with Crippen molar-refractivity contribution in [2.45, 2.75) is 0 Å². The predicted molar refractivity (Wildman–Crippen MR) is 140 cm³/mol. The first-order chi connectivity index (χ1) is 17.4. The lowest BCUT2D eigenvalue weighted by Gasteiger charge is -2.08. The van der Waals surface area contributed by atoms with E-state index in [1.807, 2.05) is 72.8 Å². The maximum absolute atomic E-state index is 8.36. The van der Waals surface area contributed by atoms with Crippen molar-refractivity contribution < 1.29 is 19.8 Å². The Balaban J connectivity index is 0.000000840. The van der Waals surface area contributed by atoms with Crippen LogP contribution in [0.25, 0.3) is 21.5 Å². The number of rotatable bonds is 6. The summed E-state index contributed by atoms with van der Waals surface area (Å²) >= 11 is 0. The molecule has 0 spiro atoms. The standard InChI is InChI=1S/C25H23N5O2.HNO3/c1-31-23-13-11-17-7-3-5-9-19(17)21(23)15-27-29-25(26)30-28-16-22-20-10-6-4-8-18(20)12-14-24(22)32-2;2-1(3)4/h3-16H,1-2H3,(H3,26,29,30);(H,2,3,4)/b27-15+,28-16+;. The largest absolute Gasteiger partial charge is 0.496 e. The Morgan fingerprint density at radius 1 is 0.889 bits per heavy atom. The third-order valence-electron chi connectivity index (χ3n) is 5.03. The van der Waals surface area contributed by atoms with Crippen molar-refractivity contribution in [2.75, 3.05) is 14.2 Å². The molecule has 0 aliphatic carbocycles. The quantitative estimate of drug-likeness (QED) is 0.161. The monoisotopic (exact) mass is 488 g/mol. The van der Waals surface area contributed by atoms with E-state index in [9.17, 15) is 0 Å². The molecule has 0 saturated heterocycles. The zero-order valence-corrected chi connectivity index (χ0v) is 19.5. The van der Waals surface area contributed by atoms with Crippen LogP contribution in [0, 0.1) is 10.1 Å². The van der Waals surface area contributed by atoms with Crippen molar-refractivity contribution in [3.05, 3.63) is 94.0 Å². The average Bonchev–Trinajstić information content (AvgIpc) is 2.88. The molecule has 0 fully saturated rings. The van der Waals surface area contributed by atoms with E-state index in [0.717, 1.165) is 32.7 Å². The number of methoxy groups -OCH3 is 2. The van der Waals surface area contributed by atoms with E-state index in [4.69, 9.17) is 30.5 Å². The number of nitrogens with two attached hydrogens (primary N) is 1. The van der Waals surface area contributed by atoms with Crippen molar-refractivity contribution in [3.8, 4) is 11.5 Å². The molecule has 0 unspecified atom stereocenters. The van der Waals surface area contributed by atoms with Gasteiger partial charge in [-0.2, -0.15) is 10.2 Å². The number of hydrogen-bond donors (Lipinski definition) is 3. The molecule has 0 amide bonds. The molecule has 4 rings (SSSR count). The third-order valence-corrected chi connectivity index (χ3v) is 5.03. The second kappa shape index (κ2) is 12.3. The van der Waals surface area contributed by atoms with E-state index < -0.39 is 5.09 Å². The molecular formula is C25H24N6O5. The smallest absolute Gasteiger partial charge is 0.291 e. The molecule has 36 heavy (non-hydrogen) atoms. The van der Waals surface area contributed by atoms with Gasteiger partial charge in [0.05, 0.1) is 26.6 Å². The molecule has 11 heteroatoms. The average molecular weight is 489 g/mol. The second-order valence-electron chi connectivity index (χ2n) is 7.14. The molecule has 0 aliphatic heterocycles. The first-order valence-electron chi connectivity index (χ1n) is 10.5. The Morgan fingerprint density at radius 2 is 1.36 bits per heavy atom. The van der Waals surface area contributed by atoms with Gasteiger partial charge in [0, 0.05) is 11.1 Å². The van der Waals surface area contributed by atoms with Crippen LogP contribution in [0.5, 0.6) is 11.5 Å². The maximum atomic E-state index is 8.36. The van der Waals surface area contributed by atoms with Gasteiger partial charge in [0.15, 0.2) is 0 Å². The number of fused-ring (bicyclic) bond motifs is 2. The Kier molecular flexibility index (Phi) is 8.71. The molecular weight excluding hydrogens is 464 g/mol. The highest BCUT2D eigenvalue weighted by molar-refractivity contribution is 6.03. The van der Waals surface area contributed by atoms with Crippen LogP contribution < -0.4 is 20.6 Å². The molecule has 0 heterocycles. The number of hydrogen-bond acceptors (Lipinski definition) is 7. The van der Waals surface area contributed by atoms with Gasteiger partial charge in [0.1, 0.15) is 11.5 Å². The molecule has 0 bridgehead atoms.